The van der Waals surface area contributed by atoms with E-state index in [0.29, 0.717) is 5.75 Å². The van der Waals surface area contributed by atoms with Crippen LogP contribution in [0.4, 0.5) is 11.4 Å². The Labute approximate surface area is 156 Å². The molecule has 0 saturated carbocycles. The van der Waals surface area contributed by atoms with Gasteiger partial charge < -0.3 is 15.0 Å². The lowest BCUT2D eigenvalue weighted by molar-refractivity contribution is -0.384. The number of rotatable bonds is 4. The van der Waals surface area contributed by atoms with Crippen molar-refractivity contribution < 1.29 is 19.2 Å². The molecular formula is C16H21ClN4O5. The number of carbonyl (C=O) groups is 2. The lowest BCUT2D eigenvalue weighted by Gasteiger charge is -2.34. The Morgan fingerprint density at radius 3 is 2.77 bits per heavy atom. The van der Waals surface area contributed by atoms with Gasteiger partial charge in [0.15, 0.2) is 6.61 Å². The summed E-state index contributed by atoms with van der Waals surface area (Å²) in [6, 6.07) is 4.17. The first kappa shape index (κ1) is 19.9. The molecule has 1 fully saturated rings. The number of nitrogens with zero attached hydrogens (tertiary/aromatic N) is 3. The number of carbonyl (C=O) groups excluding carboxylic acids is 2. The number of amides is 2. The van der Waals surface area contributed by atoms with Crippen molar-refractivity contribution in [3.05, 3.63) is 28.3 Å². The fourth-order valence-electron chi connectivity index (χ4n) is 3.12. The van der Waals surface area contributed by atoms with Gasteiger partial charge in [-0.2, -0.15) is 0 Å². The second-order valence-electron chi connectivity index (χ2n) is 6.16. The Balaban J connectivity index is 0.00000243. The van der Waals surface area contributed by atoms with E-state index in [1.165, 1.54) is 23.1 Å². The predicted octanol–water partition coefficient (Wildman–Crippen LogP) is 0.952. The molecule has 2 heterocycles. The van der Waals surface area contributed by atoms with E-state index in [2.05, 4.69) is 5.32 Å². The molecule has 2 aliphatic rings. The number of nitro benzene ring substituents is 1. The molecule has 9 nitrogen and oxygen atoms in total. The Bertz CT molecular complexity index is 708. The van der Waals surface area contributed by atoms with E-state index in [9.17, 15) is 19.7 Å². The summed E-state index contributed by atoms with van der Waals surface area (Å²) in [5, 5.41) is 14.2. The molecule has 0 aliphatic carbocycles. The van der Waals surface area contributed by atoms with Crippen LogP contribution in [-0.2, 0) is 9.59 Å². The number of anilines is 1. The van der Waals surface area contributed by atoms with Crippen LogP contribution in [0.25, 0.3) is 0 Å². The van der Waals surface area contributed by atoms with Crippen molar-refractivity contribution in [3.63, 3.8) is 0 Å². The average Bonchev–Trinajstić information content (AvgIpc) is 2.63. The van der Waals surface area contributed by atoms with Crippen molar-refractivity contribution in [2.24, 2.45) is 0 Å². The van der Waals surface area contributed by atoms with Crippen LogP contribution in [0, 0.1) is 10.1 Å². The fourth-order valence-corrected chi connectivity index (χ4v) is 3.12. The molecule has 1 saturated heterocycles. The van der Waals surface area contributed by atoms with Crippen LogP contribution < -0.4 is 15.0 Å². The van der Waals surface area contributed by atoms with Crippen molar-refractivity contribution >= 4 is 35.6 Å². The lowest BCUT2D eigenvalue weighted by atomic mass is 10.1. The third-order valence-electron chi connectivity index (χ3n) is 4.64. The lowest BCUT2D eigenvalue weighted by Crippen LogP contribution is -2.50. The minimum atomic E-state index is -0.541. The molecule has 0 atom stereocenters. The summed E-state index contributed by atoms with van der Waals surface area (Å²) in [6.45, 7) is 1.37. The van der Waals surface area contributed by atoms with E-state index in [-0.39, 0.29) is 54.8 Å². The zero-order valence-electron chi connectivity index (χ0n) is 14.3. The number of halogens is 1. The van der Waals surface area contributed by atoms with Crippen molar-refractivity contribution in [1.82, 2.24) is 10.2 Å². The molecule has 3 rings (SSSR count). The molecule has 2 aliphatic heterocycles. The van der Waals surface area contributed by atoms with Crippen LogP contribution in [-0.4, -0.2) is 61.0 Å². The van der Waals surface area contributed by atoms with Gasteiger partial charge in [0, 0.05) is 25.2 Å². The maximum absolute atomic E-state index is 12.6. The van der Waals surface area contributed by atoms with Crippen molar-refractivity contribution in [2.75, 3.05) is 38.2 Å². The van der Waals surface area contributed by atoms with Crippen LogP contribution in [0.2, 0.25) is 0 Å². The minimum Gasteiger partial charge on any atom is -0.482 e. The number of fused-ring (bicyclic) bond motifs is 1. The summed E-state index contributed by atoms with van der Waals surface area (Å²) >= 11 is 0. The molecule has 1 aromatic carbocycles. The summed E-state index contributed by atoms with van der Waals surface area (Å²) in [6.07, 6.45) is 1.72. The smallest absolute Gasteiger partial charge is 0.271 e. The normalized spacial score (nSPS) is 17.0. The van der Waals surface area contributed by atoms with Crippen molar-refractivity contribution in [1.29, 1.82) is 0 Å². The maximum Gasteiger partial charge on any atom is 0.271 e. The van der Waals surface area contributed by atoms with Gasteiger partial charge in [0.2, 0.25) is 5.91 Å². The van der Waals surface area contributed by atoms with E-state index in [1.807, 2.05) is 0 Å². The van der Waals surface area contributed by atoms with E-state index >= 15 is 0 Å². The summed E-state index contributed by atoms with van der Waals surface area (Å²) in [5.74, 6) is -0.220. The highest BCUT2D eigenvalue weighted by Crippen LogP contribution is 2.35. The number of benzene rings is 1. The number of likely N-dealkylation sites (N-methyl/N-ethyl adjacent to an activating group) is 1. The van der Waals surface area contributed by atoms with Crippen LogP contribution in [0.3, 0.4) is 0 Å². The van der Waals surface area contributed by atoms with Crippen LogP contribution in [0.5, 0.6) is 5.75 Å². The van der Waals surface area contributed by atoms with Gasteiger partial charge >= 0.3 is 0 Å². The molecule has 0 unspecified atom stereocenters. The first-order valence-electron chi connectivity index (χ1n) is 8.15. The SMILES string of the molecule is CN(C(=O)CN1C(=O)COc2ccc([N+](=O)[O-])cc21)C1CCNCC1.Cl. The molecule has 0 radical (unpaired) electrons. The number of piperidine rings is 1. The molecule has 142 valence electrons. The quantitative estimate of drug-likeness (QED) is 0.612. The minimum absolute atomic E-state index is 0. The Morgan fingerprint density at radius 2 is 2.12 bits per heavy atom. The second kappa shape index (κ2) is 8.33. The molecule has 2 amide bonds. The summed E-state index contributed by atoms with van der Waals surface area (Å²) < 4.78 is 5.31. The van der Waals surface area contributed by atoms with E-state index in [4.69, 9.17) is 4.74 Å². The molecule has 26 heavy (non-hydrogen) atoms. The monoisotopic (exact) mass is 384 g/mol. The average molecular weight is 385 g/mol. The Morgan fingerprint density at radius 1 is 1.42 bits per heavy atom. The standard InChI is InChI=1S/C16H20N4O5.ClH/c1-18(11-4-6-17-7-5-11)15(21)9-19-13-8-12(20(23)24)2-3-14(13)25-10-16(19)22;/h2-3,8,11,17H,4-7,9-10H2,1H3;1H. The number of nitro groups is 1. The van der Waals surface area contributed by atoms with Crippen LogP contribution in [0.1, 0.15) is 12.8 Å². The summed E-state index contributed by atoms with van der Waals surface area (Å²) in [7, 11) is 1.73. The van der Waals surface area contributed by atoms with Crippen molar-refractivity contribution in [3.8, 4) is 5.75 Å². The largest absolute Gasteiger partial charge is 0.482 e. The van der Waals surface area contributed by atoms with E-state index in [1.54, 1.807) is 11.9 Å². The second-order valence-corrected chi connectivity index (χ2v) is 6.16. The van der Waals surface area contributed by atoms with Gasteiger partial charge in [-0.05, 0) is 32.0 Å². The predicted molar refractivity (Wildman–Crippen MR) is 96.9 cm³/mol. The molecule has 0 aromatic heterocycles. The zero-order chi connectivity index (χ0) is 18.0. The fraction of sp³-hybridized carbons (Fsp3) is 0.500. The molecule has 0 spiro atoms. The van der Waals surface area contributed by atoms with E-state index in [0.717, 1.165) is 25.9 Å². The van der Waals surface area contributed by atoms with Gasteiger partial charge in [-0.3, -0.25) is 24.6 Å². The Hall–Kier alpha value is -2.39. The molecule has 1 aromatic rings. The number of ether oxygens (including phenoxy) is 1. The maximum atomic E-state index is 12.6. The number of nitrogens with one attached hydrogen (secondary N) is 1. The van der Waals surface area contributed by atoms with Crippen LogP contribution >= 0.6 is 12.4 Å². The molecule has 10 heteroatoms. The first-order chi connectivity index (χ1) is 12.0. The third-order valence-corrected chi connectivity index (χ3v) is 4.64. The number of non-ortho nitro benzene ring substituents is 1. The van der Waals surface area contributed by atoms with Crippen molar-refractivity contribution in [2.45, 2.75) is 18.9 Å². The summed E-state index contributed by atoms with van der Waals surface area (Å²) in [4.78, 5) is 38.2. The highest BCUT2D eigenvalue weighted by Gasteiger charge is 2.31. The third kappa shape index (κ3) is 4.05. The molecular weight excluding hydrogens is 364 g/mol. The zero-order valence-corrected chi connectivity index (χ0v) is 15.2. The van der Waals surface area contributed by atoms with Gasteiger partial charge in [0.1, 0.15) is 12.3 Å². The van der Waals surface area contributed by atoms with Gasteiger partial charge in [-0.1, -0.05) is 0 Å². The number of hydrogen-bond acceptors (Lipinski definition) is 6. The summed E-state index contributed by atoms with van der Waals surface area (Å²) in [5.41, 5.74) is 0.110. The van der Waals surface area contributed by atoms with Gasteiger partial charge in [0.25, 0.3) is 11.6 Å². The van der Waals surface area contributed by atoms with Gasteiger partial charge in [-0.15, -0.1) is 12.4 Å². The number of hydrogen-bond donors (Lipinski definition) is 1. The first-order valence-corrected chi connectivity index (χ1v) is 8.15. The molecule has 0 bridgehead atoms. The highest BCUT2D eigenvalue weighted by atomic mass is 35.5. The highest BCUT2D eigenvalue weighted by molar-refractivity contribution is 6.02. The van der Waals surface area contributed by atoms with E-state index < -0.39 is 4.92 Å². The van der Waals surface area contributed by atoms with Crippen LogP contribution in [0.15, 0.2) is 18.2 Å². The topological polar surface area (TPSA) is 105 Å². The van der Waals surface area contributed by atoms with Gasteiger partial charge in [0.05, 0.1) is 10.6 Å². The Kier molecular flexibility index (Phi) is 6.38. The molecule has 1 N–H and O–H groups in total. The van der Waals surface area contributed by atoms with Gasteiger partial charge in [-0.25, -0.2) is 0 Å².